The average molecular weight is 284 g/mol. The molecule has 0 bridgehead atoms. The van der Waals surface area contributed by atoms with Gasteiger partial charge in [0.05, 0.1) is 16.8 Å². The largest absolute Gasteiger partial charge is 0.331 e. The molecule has 1 N–H and O–H groups in total. The molecule has 0 saturated carbocycles. The molecule has 0 saturated heterocycles. The van der Waals surface area contributed by atoms with E-state index in [4.69, 9.17) is 12.2 Å². The van der Waals surface area contributed by atoms with E-state index in [0.29, 0.717) is 11.3 Å². The number of aryl methyl sites for hydroxylation is 2. The molecule has 18 heavy (non-hydrogen) atoms. The molecule has 2 aromatic rings. The Kier molecular flexibility index (Phi) is 3.59. The Balaban J connectivity index is 2.40. The van der Waals surface area contributed by atoms with Gasteiger partial charge in [0.15, 0.2) is 14.6 Å². The van der Waals surface area contributed by atoms with Crippen LogP contribution in [0.2, 0.25) is 0 Å². The predicted octanol–water partition coefficient (Wildman–Crippen LogP) is 2.44. The molecular formula is C12H16N2O2S2. The van der Waals surface area contributed by atoms with Gasteiger partial charge in [-0.1, -0.05) is 13.0 Å². The van der Waals surface area contributed by atoms with Crippen molar-refractivity contribution in [1.82, 2.24) is 9.55 Å². The standard InChI is InChI=1S/C12H16N2O2S2/c1-3-18(15,16)7-6-14-11-5-4-9(2)8-10(11)13-12(14)17/h4-5,8H,3,6-7H2,1-2H3,(H,13,17). The summed E-state index contributed by atoms with van der Waals surface area (Å²) in [6.45, 7) is 4.07. The van der Waals surface area contributed by atoms with E-state index >= 15 is 0 Å². The summed E-state index contributed by atoms with van der Waals surface area (Å²) >= 11 is 5.23. The van der Waals surface area contributed by atoms with Crippen LogP contribution < -0.4 is 0 Å². The molecule has 98 valence electrons. The second kappa shape index (κ2) is 4.85. The van der Waals surface area contributed by atoms with Crippen molar-refractivity contribution in [2.24, 2.45) is 0 Å². The molecule has 0 unspecified atom stereocenters. The highest BCUT2D eigenvalue weighted by Gasteiger charge is 2.10. The van der Waals surface area contributed by atoms with E-state index in [-0.39, 0.29) is 11.5 Å². The number of nitrogens with one attached hydrogen (secondary N) is 1. The number of aromatic nitrogens is 2. The van der Waals surface area contributed by atoms with Gasteiger partial charge in [0, 0.05) is 12.3 Å². The lowest BCUT2D eigenvalue weighted by atomic mass is 10.2. The lowest BCUT2D eigenvalue weighted by molar-refractivity contribution is 0.590. The Morgan fingerprint density at radius 2 is 2.11 bits per heavy atom. The van der Waals surface area contributed by atoms with Crippen LogP contribution in [0.4, 0.5) is 0 Å². The third-order valence-electron chi connectivity index (χ3n) is 3.00. The summed E-state index contributed by atoms with van der Waals surface area (Å²) in [6.07, 6.45) is 0. The summed E-state index contributed by atoms with van der Waals surface area (Å²) in [6, 6.07) is 5.97. The lowest BCUT2D eigenvalue weighted by Crippen LogP contribution is -2.14. The van der Waals surface area contributed by atoms with Gasteiger partial charge in [0.1, 0.15) is 0 Å². The van der Waals surface area contributed by atoms with Crippen molar-refractivity contribution in [1.29, 1.82) is 0 Å². The summed E-state index contributed by atoms with van der Waals surface area (Å²) in [5.41, 5.74) is 3.05. The first-order valence-electron chi connectivity index (χ1n) is 5.82. The van der Waals surface area contributed by atoms with Gasteiger partial charge in [-0.25, -0.2) is 8.42 Å². The Morgan fingerprint density at radius 1 is 1.39 bits per heavy atom. The molecule has 1 heterocycles. The van der Waals surface area contributed by atoms with Gasteiger partial charge >= 0.3 is 0 Å². The smallest absolute Gasteiger partial charge is 0.178 e. The van der Waals surface area contributed by atoms with Crippen molar-refractivity contribution in [3.63, 3.8) is 0 Å². The Hall–Kier alpha value is -1.14. The Morgan fingerprint density at radius 3 is 2.78 bits per heavy atom. The van der Waals surface area contributed by atoms with E-state index in [9.17, 15) is 8.42 Å². The fraction of sp³-hybridized carbons (Fsp3) is 0.417. The van der Waals surface area contributed by atoms with Gasteiger partial charge in [-0.05, 0) is 36.8 Å². The number of fused-ring (bicyclic) bond motifs is 1. The SMILES string of the molecule is CCS(=O)(=O)CCn1c(=S)[nH]c2cc(C)ccc21. The van der Waals surface area contributed by atoms with Crippen molar-refractivity contribution in [2.45, 2.75) is 20.4 Å². The fourth-order valence-electron chi connectivity index (χ4n) is 1.87. The second-order valence-electron chi connectivity index (χ2n) is 4.34. The molecule has 0 atom stereocenters. The molecule has 1 aromatic carbocycles. The van der Waals surface area contributed by atoms with Crippen LogP contribution in [-0.4, -0.2) is 29.5 Å². The summed E-state index contributed by atoms with van der Waals surface area (Å²) in [5.74, 6) is 0.292. The minimum Gasteiger partial charge on any atom is -0.331 e. The van der Waals surface area contributed by atoms with E-state index in [0.717, 1.165) is 16.6 Å². The first-order chi connectivity index (χ1) is 8.43. The Bertz CT molecular complexity index is 726. The van der Waals surface area contributed by atoms with Crippen LogP contribution >= 0.6 is 12.2 Å². The average Bonchev–Trinajstić information content (AvgIpc) is 2.61. The minimum atomic E-state index is -2.97. The number of H-pyrrole nitrogens is 1. The molecule has 0 aliphatic carbocycles. The molecule has 6 heteroatoms. The summed E-state index contributed by atoms with van der Waals surface area (Å²) in [4.78, 5) is 3.11. The van der Waals surface area contributed by atoms with Crippen molar-refractivity contribution in [3.05, 3.63) is 28.5 Å². The predicted molar refractivity (Wildman–Crippen MR) is 76.2 cm³/mol. The number of sulfone groups is 1. The van der Waals surface area contributed by atoms with Gasteiger partial charge in [-0.2, -0.15) is 0 Å². The highest BCUT2D eigenvalue weighted by Crippen LogP contribution is 2.16. The second-order valence-corrected chi connectivity index (χ2v) is 7.20. The van der Waals surface area contributed by atoms with Gasteiger partial charge < -0.3 is 9.55 Å². The highest BCUT2D eigenvalue weighted by molar-refractivity contribution is 7.91. The van der Waals surface area contributed by atoms with Crippen molar-refractivity contribution < 1.29 is 8.42 Å². The molecule has 0 radical (unpaired) electrons. The zero-order valence-electron chi connectivity index (χ0n) is 10.4. The third-order valence-corrected chi connectivity index (χ3v) is 5.00. The monoisotopic (exact) mass is 284 g/mol. The zero-order valence-corrected chi connectivity index (χ0v) is 12.1. The topological polar surface area (TPSA) is 54.9 Å². The van der Waals surface area contributed by atoms with E-state index in [2.05, 4.69) is 4.98 Å². The van der Waals surface area contributed by atoms with Crippen molar-refractivity contribution in [3.8, 4) is 0 Å². The van der Waals surface area contributed by atoms with E-state index < -0.39 is 9.84 Å². The zero-order chi connectivity index (χ0) is 13.3. The molecular weight excluding hydrogens is 268 g/mol. The number of imidazole rings is 1. The van der Waals surface area contributed by atoms with Crippen LogP contribution in [0.3, 0.4) is 0 Å². The molecule has 2 rings (SSSR count). The summed E-state index contributed by atoms with van der Waals surface area (Å²) in [5, 5.41) is 0. The minimum absolute atomic E-state index is 0.124. The van der Waals surface area contributed by atoms with Crippen LogP contribution in [0.25, 0.3) is 11.0 Å². The summed E-state index contributed by atoms with van der Waals surface area (Å²) < 4.78 is 25.5. The molecule has 0 fully saturated rings. The maximum absolute atomic E-state index is 11.5. The number of hydrogen-bond donors (Lipinski definition) is 1. The van der Waals surface area contributed by atoms with Gasteiger partial charge in [-0.3, -0.25) is 0 Å². The normalized spacial score (nSPS) is 12.1. The van der Waals surface area contributed by atoms with Crippen LogP contribution in [-0.2, 0) is 16.4 Å². The molecule has 0 aliphatic rings. The maximum atomic E-state index is 11.5. The molecule has 1 aromatic heterocycles. The van der Waals surface area contributed by atoms with Gasteiger partial charge in [0.2, 0.25) is 0 Å². The van der Waals surface area contributed by atoms with Gasteiger partial charge in [0.25, 0.3) is 0 Å². The third kappa shape index (κ3) is 2.64. The molecule has 0 spiro atoms. The van der Waals surface area contributed by atoms with E-state index in [1.54, 1.807) is 6.92 Å². The summed E-state index contributed by atoms with van der Waals surface area (Å²) in [7, 11) is -2.97. The van der Waals surface area contributed by atoms with Crippen molar-refractivity contribution in [2.75, 3.05) is 11.5 Å². The quantitative estimate of drug-likeness (QED) is 0.877. The highest BCUT2D eigenvalue weighted by atomic mass is 32.2. The number of benzene rings is 1. The van der Waals surface area contributed by atoms with Crippen LogP contribution in [0.1, 0.15) is 12.5 Å². The van der Waals surface area contributed by atoms with E-state index in [1.807, 2.05) is 29.7 Å². The Labute approximate surface area is 112 Å². The number of nitrogens with zero attached hydrogens (tertiary/aromatic N) is 1. The fourth-order valence-corrected chi connectivity index (χ4v) is 2.92. The van der Waals surface area contributed by atoms with Gasteiger partial charge in [-0.15, -0.1) is 0 Å². The molecule has 0 aliphatic heterocycles. The molecule has 0 amide bonds. The van der Waals surface area contributed by atoms with Crippen LogP contribution in [0, 0.1) is 11.7 Å². The maximum Gasteiger partial charge on any atom is 0.178 e. The number of aromatic amines is 1. The first kappa shape index (κ1) is 13.3. The number of rotatable bonds is 4. The van der Waals surface area contributed by atoms with Crippen LogP contribution in [0.5, 0.6) is 0 Å². The van der Waals surface area contributed by atoms with E-state index in [1.165, 1.54) is 0 Å². The first-order valence-corrected chi connectivity index (χ1v) is 8.05. The van der Waals surface area contributed by atoms with Crippen molar-refractivity contribution >= 4 is 33.1 Å². The molecule has 4 nitrogen and oxygen atoms in total. The number of hydrogen-bond acceptors (Lipinski definition) is 3. The van der Waals surface area contributed by atoms with Crippen LogP contribution in [0.15, 0.2) is 18.2 Å². The lowest BCUT2D eigenvalue weighted by Gasteiger charge is -2.04.